The summed E-state index contributed by atoms with van der Waals surface area (Å²) in [6.45, 7) is 18.6. The van der Waals surface area contributed by atoms with Crippen LogP contribution in [-0.2, 0) is 0 Å². The third kappa shape index (κ3) is 3.18. The summed E-state index contributed by atoms with van der Waals surface area (Å²) in [4.78, 5) is 0. The van der Waals surface area contributed by atoms with Crippen molar-refractivity contribution in [2.24, 2.45) is 39.4 Å². The average molecular weight is 441 g/mol. The molecule has 4 aliphatic rings. The molecule has 0 aromatic rings. The second-order valence-electron chi connectivity index (χ2n) is 13.3. The number of hydrogen-bond acceptors (Lipinski definition) is 2. The van der Waals surface area contributed by atoms with Crippen LogP contribution in [-0.4, -0.2) is 22.4 Å². The van der Waals surface area contributed by atoms with Crippen LogP contribution in [0, 0.1) is 39.4 Å². The molecule has 0 unspecified atom stereocenters. The second kappa shape index (κ2) is 7.84. The van der Waals surface area contributed by atoms with Crippen LogP contribution in [0.4, 0.5) is 0 Å². The molecule has 0 heterocycles. The molecule has 32 heavy (non-hydrogen) atoms. The molecule has 0 bridgehead atoms. The zero-order valence-electron chi connectivity index (χ0n) is 22.0. The van der Waals surface area contributed by atoms with Crippen molar-refractivity contribution in [1.29, 1.82) is 0 Å². The Morgan fingerprint density at radius 1 is 1.06 bits per heavy atom. The van der Waals surface area contributed by atoms with Crippen LogP contribution in [0.15, 0.2) is 34.9 Å². The van der Waals surface area contributed by atoms with Gasteiger partial charge in [0.25, 0.3) is 0 Å². The third-order valence-electron chi connectivity index (χ3n) is 11.2. The second-order valence-corrected chi connectivity index (χ2v) is 13.3. The van der Waals surface area contributed by atoms with Crippen LogP contribution in [0.3, 0.4) is 0 Å². The van der Waals surface area contributed by atoms with Gasteiger partial charge in [-0.3, -0.25) is 0 Å². The Morgan fingerprint density at radius 3 is 2.41 bits per heavy atom. The minimum Gasteiger partial charge on any atom is -0.393 e. The minimum absolute atomic E-state index is 0.0756. The molecular formula is C30H48O2. The lowest BCUT2D eigenvalue weighted by Crippen LogP contribution is -2.55. The van der Waals surface area contributed by atoms with E-state index in [0.29, 0.717) is 17.8 Å². The van der Waals surface area contributed by atoms with Gasteiger partial charge in [-0.15, -0.1) is 0 Å². The van der Waals surface area contributed by atoms with Gasteiger partial charge in [-0.05, 0) is 104 Å². The molecular weight excluding hydrogens is 392 g/mol. The molecule has 0 spiro atoms. The summed E-state index contributed by atoms with van der Waals surface area (Å²) in [6.07, 6.45) is 14.2. The lowest BCUT2D eigenvalue weighted by molar-refractivity contribution is -0.0872. The van der Waals surface area contributed by atoms with E-state index in [1.807, 2.05) is 0 Å². The molecule has 0 radical (unpaired) electrons. The van der Waals surface area contributed by atoms with Gasteiger partial charge in [0.15, 0.2) is 0 Å². The van der Waals surface area contributed by atoms with Gasteiger partial charge in [0.1, 0.15) is 0 Å². The van der Waals surface area contributed by atoms with Crippen molar-refractivity contribution >= 4 is 0 Å². The minimum atomic E-state index is -0.277. The highest BCUT2D eigenvalue weighted by atomic mass is 16.3. The third-order valence-corrected chi connectivity index (χ3v) is 11.2. The lowest BCUT2D eigenvalue weighted by Gasteiger charge is -2.61. The van der Waals surface area contributed by atoms with Gasteiger partial charge in [0.05, 0.1) is 12.2 Å². The highest BCUT2D eigenvalue weighted by molar-refractivity contribution is 5.50. The van der Waals surface area contributed by atoms with Crippen molar-refractivity contribution in [3.05, 3.63) is 34.9 Å². The molecule has 2 fully saturated rings. The van der Waals surface area contributed by atoms with E-state index in [0.717, 1.165) is 38.5 Å². The van der Waals surface area contributed by atoms with Gasteiger partial charge in [0.2, 0.25) is 0 Å². The summed E-state index contributed by atoms with van der Waals surface area (Å²) in [5.41, 5.74) is 4.30. The monoisotopic (exact) mass is 440 g/mol. The van der Waals surface area contributed by atoms with Crippen LogP contribution < -0.4 is 0 Å². The van der Waals surface area contributed by atoms with Gasteiger partial charge < -0.3 is 10.2 Å². The largest absolute Gasteiger partial charge is 0.393 e. The molecule has 0 aromatic carbocycles. The van der Waals surface area contributed by atoms with Crippen molar-refractivity contribution in [2.45, 2.75) is 113 Å². The Balaban J connectivity index is 1.70. The molecule has 2 nitrogen and oxygen atoms in total. The normalized spacial score (nSPS) is 45.7. The topological polar surface area (TPSA) is 40.5 Å². The van der Waals surface area contributed by atoms with Gasteiger partial charge in [0, 0.05) is 5.41 Å². The van der Waals surface area contributed by atoms with Crippen LogP contribution in [0.25, 0.3) is 0 Å². The maximum absolute atomic E-state index is 11.6. The molecule has 2 heteroatoms. The molecule has 0 saturated heterocycles. The molecule has 8 atom stereocenters. The summed E-state index contributed by atoms with van der Waals surface area (Å²) in [7, 11) is 0. The number of aliphatic hydroxyl groups is 2. The first-order valence-corrected chi connectivity index (χ1v) is 13.2. The Labute approximate surface area is 197 Å². The average Bonchev–Trinajstić information content (AvgIpc) is 2.92. The zero-order valence-corrected chi connectivity index (χ0v) is 22.0. The molecule has 0 aliphatic heterocycles. The van der Waals surface area contributed by atoms with E-state index >= 15 is 0 Å². The maximum atomic E-state index is 11.6. The number of allylic oxidation sites excluding steroid dienone is 5. The molecule has 2 N–H and O–H groups in total. The summed E-state index contributed by atoms with van der Waals surface area (Å²) in [5.74, 6) is 1.61. The highest BCUT2D eigenvalue weighted by Crippen LogP contribution is 2.71. The van der Waals surface area contributed by atoms with Crippen molar-refractivity contribution in [3.8, 4) is 0 Å². The fraction of sp³-hybridized carbons (Fsp3) is 0.800. The Morgan fingerprint density at radius 2 is 1.75 bits per heavy atom. The predicted molar refractivity (Wildman–Crippen MR) is 134 cm³/mol. The van der Waals surface area contributed by atoms with Gasteiger partial charge in [-0.2, -0.15) is 0 Å². The Kier molecular flexibility index (Phi) is 5.95. The summed E-state index contributed by atoms with van der Waals surface area (Å²) < 4.78 is 0. The fourth-order valence-corrected chi connectivity index (χ4v) is 8.77. The summed E-state index contributed by atoms with van der Waals surface area (Å²) in [5, 5.41) is 22.4. The van der Waals surface area contributed by atoms with Crippen molar-refractivity contribution < 1.29 is 10.2 Å². The molecule has 180 valence electrons. The van der Waals surface area contributed by atoms with Crippen molar-refractivity contribution in [1.82, 2.24) is 0 Å². The first-order valence-electron chi connectivity index (χ1n) is 13.2. The van der Waals surface area contributed by atoms with E-state index in [-0.39, 0.29) is 33.9 Å². The number of hydrogen-bond donors (Lipinski definition) is 2. The lowest BCUT2D eigenvalue weighted by atomic mass is 9.44. The van der Waals surface area contributed by atoms with Crippen LogP contribution in [0.5, 0.6) is 0 Å². The number of aliphatic hydroxyl groups excluding tert-OH is 2. The van der Waals surface area contributed by atoms with Crippen LogP contribution in [0.2, 0.25) is 0 Å². The van der Waals surface area contributed by atoms with Gasteiger partial charge in [-0.25, -0.2) is 0 Å². The number of rotatable bonds is 4. The molecule has 2 saturated carbocycles. The summed E-state index contributed by atoms with van der Waals surface area (Å²) >= 11 is 0. The quantitative estimate of drug-likeness (QED) is 0.453. The van der Waals surface area contributed by atoms with Gasteiger partial charge in [-0.1, -0.05) is 65.3 Å². The SMILES string of the molecule is CC(C)=CCC[C@@H](C)[C@H]1C[C@H](O)[C@@]2(C)C3=CC[C@H]4C(C)(C)[C@@H](O)CC[C@]4(C)C3=CC[C@]12C. The van der Waals surface area contributed by atoms with E-state index in [1.54, 1.807) is 0 Å². The van der Waals surface area contributed by atoms with E-state index in [9.17, 15) is 10.2 Å². The zero-order chi connectivity index (χ0) is 23.7. The van der Waals surface area contributed by atoms with E-state index in [4.69, 9.17) is 0 Å². The fourth-order valence-electron chi connectivity index (χ4n) is 8.77. The van der Waals surface area contributed by atoms with E-state index in [2.05, 4.69) is 73.6 Å². The smallest absolute Gasteiger partial charge is 0.0642 e. The summed E-state index contributed by atoms with van der Waals surface area (Å²) in [6, 6.07) is 0. The predicted octanol–water partition coefficient (Wildman–Crippen LogP) is 7.23. The van der Waals surface area contributed by atoms with Crippen LogP contribution in [0.1, 0.15) is 100 Å². The molecule has 0 amide bonds. The standard InChI is InChI=1S/C30H48O2/c1-19(2)10-9-11-20(3)23-18-26(32)30(8)22-12-13-24-27(4,5)25(31)15-16-28(24,6)21(22)14-17-29(23,30)7/h10,12,14,20,23-26,31-32H,9,11,13,15-18H2,1-8H3/t20-,23-,24+,25+,26+,28-,29-,30-/m1/s1. The first kappa shape index (κ1) is 24.3. The maximum Gasteiger partial charge on any atom is 0.0642 e. The number of fused-ring (bicyclic) bond motifs is 5. The first-order chi connectivity index (χ1) is 14.8. The van der Waals surface area contributed by atoms with Crippen molar-refractivity contribution in [2.75, 3.05) is 0 Å². The van der Waals surface area contributed by atoms with Crippen molar-refractivity contribution in [3.63, 3.8) is 0 Å². The van der Waals surface area contributed by atoms with Crippen LogP contribution >= 0.6 is 0 Å². The van der Waals surface area contributed by atoms with Gasteiger partial charge >= 0.3 is 0 Å². The molecule has 0 aromatic heterocycles. The molecule has 4 aliphatic carbocycles. The molecule has 4 rings (SSSR count). The van der Waals surface area contributed by atoms with E-state index < -0.39 is 0 Å². The Bertz CT molecular complexity index is 843. The van der Waals surface area contributed by atoms with E-state index in [1.165, 1.54) is 23.1 Å². The Hall–Kier alpha value is -0.860. The highest BCUT2D eigenvalue weighted by Gasteiger charge is 2.66.